The first-order chi connectivity index (χ1) is 14.1. The maximum atomic E-state index is 12.4. The summed E-state index contributed by atoms with van der Waals surface area (Å²) in [5.41, 5.74) is 2.23. The van der Waals surface area contributed by atoms with Gasteiger partial charge in [-0.1, -0.05) is 37.3 Å². The molecule has 0 radical (unpaired) electrons. The predicted octanol–water partition coefficient (Wildman–Crippen LogP) is 2.52. The summed E-state index contributed by atoms with van der Waals surface area (Å²) in [7, 11) is 0. The summed E-state index contributed by atoms with van der Waals surface area (Å²) in [5.74, 6) is -0.675. The zero-order valence-corrected chi connectivity index (χ0v) is 16.4. The van der Waals surface area contributed by atoms with Crippen LogP contribution in [-0.2, 0) is 9.53 Å². The number of rotatable bonds is 8. The molecule has 8 nitrogen and oxygen atoms in total. The Bertz CT molecular complexity index is 927. The Morgan fingerprint density at radius 1 is 1.10 bits per heavy atom. The molecule has 0 saturated carbocycles. The highest BCUT2D eigenvalue weighted by Crippen LogP contribution is 2.18. The Kier molecular flexibility index (Phi) is 6.67. The molecule has 1 amide bonds. The van der Waals surface area contributed by atoms with Crippen LogP contribution in [0.3, 0.4) is 0 Å². The lowest BCUT2D eigenvalue weighted by Gasteiger charge is -2.18. The van der Waals surface area contributed by atoms with E-state index in [9.17, 15) is 9.59 Å². The average Bonchev–Trinajstić information content (AvgIpc) is 3.30. The van der Waals surface area contributed by atoms with E-state index in [2.05, 4.69) is 27.8 Å². The van der Waals surface area contributed by atoms with Crippen molar-refractivity contribution in [3.8, 4) is 5.69 Å². The van der Waals surface area contributed by atoms with Gasteiger partial charge in [0, 0.05) is 12.5 Å². The summed E-state index contributed by atoms with van der Waals surface area (Å²) in [6, 6.07) is 16.6. The molecule has 0 saturated heterocycles. The summed E-state index contributed by atoms with van der Waals surface area (Å²) in [6.07, 6.45) is 1.46. The van der Waals surface area contributed by atoms with E-state index >= 15 is 0 Å². The monoisotopic (exact) mass is 393 g/mol. The minimum absolute atomic E-state index is 0.210. The summed E-state index contributed by atoms with van der Waals surface area (Å²) in [4.78, 5) is 24.7. The van der Waals surface area contributed by atoms with Gasteiger partial charge in [-0.05, 0) is 53.6 Å². The van der Waals surface area contributed by atoms with Crippen molar-refractivity contribution in [2.24, 2.45) is 0 Å². The number of hydrogen-bond acceptors (Lipinski definition) is 6. The van der Waals surface area contributed by atoms with E-state index in [0.29, 0.717) is 17.8 Å². The van der Waals surface area contributed by atoms with Gasteiger partial charge in [-0.25, -0.2) is 9.48 Å². The van der Waals surface area contributed by atoms with Crippen LogP contribution in [0.1, 0.15) is 42.1 Å². The average molecular weight is 393 g/mol. The minimum Gasteiger partial charge on any atom is -0.449 e. The van der Waals surface area contributed by atoms with Crippen molar-refractivity contribution in [2.45, 2.75) is 32.3 Å². The van der Waals surface area contributed by atoms with E-state index in [0.717, 1.165) is 6.42 Å². The van der Waals surface area contributed by atoms with Gasteiger partial charge in [-0.3, -0.25) is 4.79 Å². The molecule has 0 unspecified atom stereocenters. The highest BCUT2D eigenvalue weighted by molar-refractivity contribution is 5.92. The van der Waals surface area contributed by atoms with Crippen molar-refractivity contribution in [3.05, 3.63) is 72.1 Å². The number of ether oxygens (including phenoxy) is 1. The van der Waals surface area contributed by atoms with Gasteiger partial charge in [0.15, 0.2) is 6.10 Å². The molecule has 0 spiro atoms. The number of carbonyl (C=O) groups is 2. The zero-order chi connectivity index (χ0) is 20.6. The van der Waals surface area contributed by atoms with E-state index in [4.69, 9.17) is 4.74 Å². The number of aromatic nitrogens is 4. The smallest absolute Gasteiger partial charge is 0.338 e. The largest absolute Gasteiger partial charge is 0.449 e. The second kappa shape index (κ2) is 9.59. The molecule has 0 aliphatic rings. The van der Waals surface area contributed by atoms with E-state index < -0.39 is 12.1 Å². The number of hydrogen-bond donors (Lipinski definition) is 1. The van der Waals surface area contributed by atoms with Crippen LogP contribution in [0.2, 0.25) is 0 Å². The normalized spacial score (nSPS) is 12.8. The molecule has 2 aromatic carbocycles. The lowest BCUT2D eigenvalue weighted by molar-refractivity contribution is -0.129. The predicted molar refractivity (Wildman–Crippen MR) is 107 cm³/mol. The van der Waals surface area contributed by atoms with Crippen LogP contribution in [0, 0.1) is 0 Å². The van der Waals surface area contributed by atoms with Gasteiger partial charge in [0.1, 0.15) is 6.33 Å². The van der Waals surface area contributed by atoms with Gasteiger partial charge >= 0.3 is 5.97 Å². The molecule has 29 heavy (non-hydrogen) atoms. The minimum atomic E-state index is -0.894. The van der Waals surface area contributed by atoms with Crippen LogP contribution in [0.25, 0.3) is 5.69 Å². The number of tetrazole rings is 1. The molecule has 2 atom stereocenters. The Morgan fingerprint density at radius 3 is 2.45 bits per heavy atom. The third-order valence-corrected chi connectivity index (χ3v) is 4.66. The summed E-state index contributed by atoms with van der Waals surface area (Å²) in [5, 5.41) is 13.8. The molecule has 0 bridgehead atoms. The van der Waals surface area contributed by atoms with Gasteiger partial charge in [0.05, 0.1) is 11.3 Å². The fraction of sp³-hybridized carbons (Fsp3) is 0.286. The van der Waals surface area contributed by atoms with Crippen molar-refractivity contribution < 1.29 is 14.3 Å². The SMILES string of the molecule is CC[C@H](CNC(=O)[C@H](C)OC(=O)c1ccc(-n2cnnn2)cc1)c1ccccc1. The van der Waals surface area contributed by atoms with Crippen LogP contribution >= 0.6 is 0 Å². The lowest BCUT2D eigenvalue weighted by atomic mass is 9.96. The van der Waals surface area contributed by atoms with E-state index in [1.165, 1.54) is 16.6 Å². The van der Waals surface area contributed by atoms with Gasteiger partial charge in [-0.15, -0.1) is 5.10 Å². The lowest BCUT2D eigenvalue weighted by Crippen LogP contribution is -2.38. The summed E-state index contributed by atoms with van der Waals surface area (Å²) in [6.45, 7) is 4.13. The van der Waals surface area contributed by atoms with Crippen molar-refractivity contribution in [3.63, 3.8) is 0 Å². The highest BCUT2D eigenvalue weighted by Gasteiger charge is 2.20. The Hall–Kier alpha value is -3.55. The number of nitrogens with zero attached hydrogens (tertiary/aromatic N) is 4. The quantitative estimate of drug-likeness (QED) is 0.591. The molecule has 1 heterocycles. The van der Waals surface area contributed by atoms with Crippen LogP contribution in [-0.4, -0.2) is 44.7 Å². The first-order valence-electron chi connectivity index (χ1n) is 9.45. The molecule has 0 aliphatic carbocycles. The maximum Gasteiger partial charge on any atom is 0.338 e. The van der Waals surface area contributed by atoms with Crippen LogP contribution in [0.15, 0.2) is 60.9 Å². The molecule has 8 heteroatoms. The van der Waals surface area contributed by atoms with Crippen LogP contribution in [0.4, 0.5) is 0 Å². The topological polar surface area (TPSA) is 99.0 Å². The molecule has 1 N–H and O–H groups in total. The van der Waals surface area contributed by atoms with Gasteiger partial charge in [-0.2, -0.15) is 0 Å². The van der Waals surface area contributed by atoms with Crippen molar-refractivity contribution in [1.82, 2.24) is 25.5 Å². The maximum absolute atomic E-state index is 12.4. The third-order valence-electron chi connectivity index (χ3n) is 4.66. The van der Waals surface area contributed by atoms with Gasteiger partial charge in [0.25, 0.3) is 5.91 Å². The van der Waals surface area contributed by atoms with Crippen molar-refractivity contribution in [2.75, 3.05) is 6.54 Å². The third kappa shape index (κ3) is 5.25. The molecule has 0 aliphatic heterocycles. The molecular weight excluding hydrogens is 370 g/mol. The summed E-state index contributed by atoms with van der Waals surface area (Å²) >= 11 is 0. The van der Waals surface area contributed by atoms with Crippen LogP contribution in [0.5, 0.6) is 0 Å². The van der Waals surface area contributed by atoms with E-state index in [1.807, 2.05) is 30.3 Å². The zero-order valence-electron chi connectivity index (χ0n) is 16.4. The fourth-order valence-electron chi connectivity index (χ4n) is 2.90. The molecule has 0 fully saturated rings. The van der Waals surface area contributed by atoms with E-state index in [1.54, 1.807) is 31.2 Å². The van der Waals surface area contributed by atoms with Crippen molar-refractivity contribution >= 4 is 11.9 Å². The fourth-order valence-corrected chi connectivity index (χ4v) is 2.90. The Balaban J connectivity index is 1.53. The number of nitrogens with one attached hydrogen (secondary N) is 1. The molecule has 3 aromatic rings. The Labute approximate surface area is 168 Å². The van der Waals surface area contributed by atoms with Gasteiger partial charge in [0.2, 0.25) is 0 Å². The first kappa shape index (κ1) is 20.2. The first-order valence-corrected chi connectivity index (χ1v) is 9.45. The second-order valence-electron chi connectivity index (χ2n) is 6.61. The molecule has 3 rings (SSSR count). The van der Waals surface area contributed by atoms with E-state index in [-0.39, 0.29) is 11.8 Å². The number of carbonyl (C=O) groups excluding carboxylic acids is 2. The van der Waals surface area contributed by atoms with Gasteiger partial charge < -0.3 is 10.1 Å². The number of benzene rings is 2. The standard InChI is InChI=1S/C21H23N5O3/c1-3-16(17-7-5-4-6-8-17)13-22-20(27)15(2)29-21(28)18-9-11-19(12-10-18)26-14-23-24-25-26/h4-12,14-16H,3,13H2,1-2H3,(H,22,27)/t15-,16+/m0/s1. The summed E-state index contributed by atoms with van der Waals surface area (Å²) < 4.78 is 6.78. The van der Waals surface area contributed by atoms with Crippen molar-refractivity contribution in [1.29, 1.82) is 0 Å². The number of amides is 1. The Morgan fingerprint density at radius 2 is 1.83 bits per heavy atom. The molecule has 150 valence electrons. The highest BCUT2D eigenvalue weighted by atomic mass is 16.5. The molecular formula is C21H23N5O3. The molecule has 1 aromatic heterocycles. The second-order valence-corrected chi connectivity index (χ2v) is 6.61. The number of esters is 1. The van der Waals surface area contributed by atoms with Crippen LogP contribution < -0.4 is 5.32 Å².